The van der Waals surface area contributed by atoms with Crippen molar-refractivity contribution in [1.29, 1.82) is 0 Å². The summed E-state index contributed by atoms with van der Waals surface area (Å²) in [5, 5.41) is 9.44. The highest BCUT2D eigenvalue weighted by atomic mass is 32.2. The van der Waals surface area contributed by atoms with Crippen LogP contribution in [-0.2, 0) is 16.4 Å². The van der Waals surface area contributed by atoms with Gasteiger partial charge in [0.05, 0.1) is 27.6 Å². The van der Waals surface area contributed by atoms with E-state index in [0.717, 1.165) is 10.4 Å². The molecular formula is C24H23N3O3S2. The number of aromatic nitrogens is 2. The lowest BCUT2D eigenvalue weighted by Gasteiger charge is -2.06. The Hall–Kier alpha value is -3.23. The highest BCUT2D eigenvalue weighted by Gasteiger charge is 2.19. The van der Waals surface area contributed by atoms with Gasteiger partial charge in [-0.3, -0.25) is 9.48 Å². The van der Waals surface area contributed by atoms with Gasteiger partial charge in [-0.1, -0.05) is 54.6 Å². The van der Waals surface area contributed by atoms with E-state index >= 15 is 0 Å². The second kappa shape index (κ2) is 9.93. The highest BCUT2D eigenvalue weighted by Crippen LogP contribution is 2.27. The molecule has 1 amide bonds. The maximum absolute atomic E-state index is 12.9. The van der Waals surface area contributed by atoms with Crippen LogP contribution in [0.15, 0.2) is 89.3 Å². The number of nitrogens with one attached hydrogen (secondary N) is 1. The fourth-order valence-corrected chi connectivity index (χ4v) is 5.39. The predicted molar refractivity (Wildman–Crippen MR) is 127 cm³/mol. The lowest BCUT2D eigenvalue weighted by molar-refractivity contribution is 0.0954. The van der Waals surface area contributed by atoms with E-state index in [2.05, 4.69) is 10.4 Å². The molecule has 2 heterocycles. The van der Waals surface area contributed by atoms with E-state index in [1.54, 1.807) is 41.2 Å². The Balaban J connectivity index is 1.43. The molecule has 2 aromatic carbocycles. The summed E-state index contributed by atoms with van der Waals surface area (Å²) < 4.78 is 26.6. The SMILES string of the molecule is O=C(NCCCS(=O)(=O)c1ccccc1)c1cn(Cc2ccccc2)nc1-c1cccs1. The van der Waals surface area contributed by atoms with Crippen molar-refractivity contribution in [1.82, 2.24) is 15.1 Å². The van der Waals surface area contributed by atoms with Crippen LogP contribution in [0.1, 0.15) is 22.3 Å². The van der Waals surface area contributed by atoms with Crippen LogP contribution >= 0.6 is 11.3 Å². The summed E-state index contributed by atoms with van der Waals surface area (Å²) in [6.07, 6.45) is 2.08. The topological polar surface area (TPSA) is 81.1 Å². The van der Waals surface area contributed by atoms with Crippen molar-refractivity contribution in [3.63, 3.8) is 0 Å². The Bertz CT molecular complexity index is 1270. The van der Waals surface area contributed by atoms with Gasteiger partial charge in [-0.2, -0.15) is 5.10 Å². The number of sulfone groups is 1. The Morgan fingerprint density at radius 3 is 2.38 bits per heavy atom. The minimum absolute atomic E-state index is 0.0255. The molecule has 2 aromatic heterocycles. The van der Waals surface area contributed by atoms with Crippen molar-refractivity contribution in [2.24, 2.45) is 0 Å². The van der Waals surface area contributed by atoms with Gasteiger partial charge in [-0.25, -0.2) is 8.42 Å². The summed E-state index contributed by atoms with van der Waals surface area (Å²) in [5.74, 6) is -0.285. The molecule has 0 bridgehead atoms. The van der Waals surface area contributed by atoms with Crippen LogP contribution in [0.4, 0.5) is 0 Å². The van der Waals surface area contributed by atoms with Crippen molar-refractivity contribution < 1.29 is 13.2 Å². The zero-order valence-corrected chi connectivity index (χ0v) is 19.0. The van der Waals surface area contributed by atoms with Gasteiger partial charge >= 0.3 is 0 Å². The average Bonchev–Trinajstić information content (AvgIpc) is 3.48. The van der Waals surface area contributed by atoms with Crippen LogP contribution in [0.5, 0.6) is 0 Å². The lowest BCUT2D eigenvalue weighted by atomic mass is 10.2. The van der Waals surface area contributed by atoms with E-state index in [0.29, 0.717) is 29.1 Å². The summed E-state index contributed by atoms with van der Waals surface area (Å²) >= 11 is 1.52. The molecule has 0 spiro atoms. The van der Waals surface area contributed by atoms with Crippen LogP contribution in [0.2, 0.25) is 0 Å². The minimum atomic E-state index is -3.36. The van der Waals surface area contributed by atoms with E-state index < -0.39 is 9.84 Å². The highest BCUT2D eigenvalue weighted by molar-refractivity contribution is 7.91. The number of benzene rings is 2. The quantitative estimate of drug-likeness (QED) is 0.375. The third kappa shape index (κ3) is 5.33. The molecule has 0 saturated heterocycles. The number of amides is 1. The number of thiophene rings is 1. The van der Waals surface area contributed by atoms with Crippen LogP contribution in [0, 0.1) is 0 Å². The standard InChI is InChI=1S/C24H23N3O3S2/c28-24(25-14-8-16-32(29,30)20-11-5-2-6-12-20)21-18-27(17-19-9-3-1-4-10-19)26-23(21)22-13-7-15-31-22/h1-7,9-13,15,18H,8,14,16-17H2,(H,25,28). The van der Waals surface area contributed by atoms with Gasteiger partial charge in [0.15, 0.2) is 9.84 Å². The Labute approximate surface area is 191 Å². The molecule has 0 aliphatic carbocycles. The van der Waals surface area contributed by atoms with Crippen LogP contribution in [-0.4, -0.2) is 36.4 Å². The fraction of sp³-hybridized carbons (Fsp3) is 0.167. The Kier molecular flexibility index (Phi) is 6.82. The molecule has 0 aliphatic heterocycles. The maximum atomic E-state index is 12.9. The van der Waals surface area contributed by atoms with Gasteiger partial charge < -0.3 is 5.32 Å². The second-order valence-electron chi connectivity index (χ2n) is 7.29. The van der Waals surface area contributed by atoms with Crippen molar-refractivity contribution >= 4 is 27.1 Å². The summed E-state index contributed by atoms with van der Waals surface area (Å²) in [7, 11) is -3.36. The molecule has 164 valence electrons. The first-order valence-electron chi connectivity index (χ1n) is 10.2. The Morgan fingerprint density at radius 2 is 1.69 bits per heavy atom. The van der Waals surface area contributed by atoms with E-state index in [1.807, 2.05) is 47.8 Å². The summed E-state index contributed by atoms with van der Waals surface area (Å²) in [6, 6.07) is 22.1. The van der Waals surface area contributed by atoms with Gasteiger partial charge in [-0.05, 0) is 35.6 Å². The number of hydrogen-bond acceptors (Lipinski definition) is 5. The molecule has 6 nitrogen and oxygen atoms in total. The normalized spacial score (nSPS) is 11.4. The summed E-state index contributed by atoms with van der Waals surface area (Å²) in [4.78, 5) is 14.1. The smallest absolute Gasteiger partial charge is 0.255 e. The second-order valence-corrected chi connectivity index (χ2v) is 10.4. The molecular weight excluding hydrogens is 442 g/mol. The van der Waals surface area contributed by atoms with Crippen LogP contribution < -0.4 is 5.32 Å². The molecule has 0 unspecified atom stereocenters. The largest absolute Gasteiger partial charge is 0.352 e. The Morgan fingerprint density at radius 1 is 0.969 bits per heavy atom. The molecule has 1 N–H and O–H groups in total. The number of carbonyl (C=O) groups excluding carboxylic acids is 1. The van der Waals surface area contributed by atoms with Crippen molar-refractivity contribution in [3.05, 3.63) is 95.5 Å². The average molecular weight is 466 g/mol. The first-order valence-corrected chi connectivity index (χ1v) is 12.8. The molecule has 0 saturated carbocycles. The molecule has 8 heteroatoms. The first kappa shape index (κ1) is 22.0. The van der Waals surface area contributed by atoms with Crippen molar-refractivity contribution in [2.75, 3.05) is 12.3 Å². The zero-order valence-electron chi connectivity index (χ0n) is 17.3. The number of rotatable bonds is 9. The van der Waals surface area contributed by atoms with E-state index in [4.69, 9.17) is 0 Å². The van der Waals surface area contributed by atoms with E-state index in [9.17, 15) is 13.2 Å². The molecule has 0 radical (unpaired) electrons. The summed E-state index contributed by atoms with van der Waals surface area (Å²) in [5.41, 5.74) is 2.20. The van der Waals surface area contributed by atoms with Gasteiger partial charge in [0.2, 0.25) is 0 Å². The third-order valence-electron chi connectivity index (χ3n) is 4.93. The minimum Gasteiger partial charge on any atom is -0.352 e. The monoisotopic (exact) mass is 465 g/mol. The maximum Gasteiger partial charge on any atom is 0.255 e. The third-order valence-corrected chi connectivity index (χ3v) is 7.62. The van der Waals surface area contributed by atoms with Gasteiger partial charge in [0.1, 0.15) is 5.69 Å². The van der Waals surface area contributed by atoms with Gasteiger partial charge in [0.25, 0.3) is 5.91 Å². The number of nitrogens with zero attached hydrogens (tertiary/aromatic N) is 2. The van der Waals surface area contributed by atoms with E-state index in [-0.39, 0.29) is 18.2 Å². The zero-order chi connectivity index (χ0) is 22.4. The molecule has 0 fully saturated rings. The number of carbonyl (C=O) groups is 1. The number of hydrogen-bond donors (Lipinski definition) is 1. The summed E-state index contributed by atoms with van der Waals surface area (Å²) in [6.45, 7) is 0.820. The van der Waals surface area contributed by atoms with Crippen LogP contribution in [0.25, 0.3) is 10.6 Å². The van der Waals surface area contributed by atoms with Crippen molar-refractivity contribution in [2.45, 2.75) is 17.9 Å². The first-order chi connectivity index (χ1) is 15.5. The van der Waals surface area contributed by atoms with Crippen molar-refractivity contribution in [3.8, 4) is 10.6 Å². The van der Waals surface area contributed by atoms with Crippen LogP contribution in [0.3, 0.4) is 0 Å². The molecule has 0 atom stereocenters. The molecule has 32 heavy (non-hydrogen) atoms. The molecule has 0 aliphatic rings. The molecule has 4 rings (SSSR count). The van der Waals surface area contributed by atoms with E-state index in [1.165, 1.54) is 11.3 Å². The predicted octanol–water partition coefficient (Wildman–Crippen LogP) is 4.25. The van der Waals surface area contributed by atoms with Gasteiger partial charge in [-0.15, -0.1) is 11.3 Å². The van der Waals surface area contributed by atoms with Gasteiger partial charge in [0, 0.05) is 12.7 Å². The molecule has 4 aromatic rings. The fourth-order valence-electron chi connectivity index (χ4n) is 3.34. The lowest BCUT2D eigenvalue weighted by Crippen LogP contribution is -2.26.